The molecule has 20 heavy (non-hydrogen) atoms. The van der Waals surface area contributed by atoms with Gasteiger partial charge in [-0.15, -0.1) is 0 Å². The van der Waals surface area contributed by atoms with E-state index in [1.807, 2.05) is 52.0 Å². The minimum absolute atomic E-state index is 0.00139. The number of rotatable bonds is 2. The van der Waals surface area contributed by atoms with Crippen LogP contribution in [0.5, 0.6) is 0 Å². The van der Waals surface area contributed by atoms with Gasteiger partial charge in [-0.05, 0) is 74.2 Å². The molecule has 0 atom stereocenters. The number of anilines is 2. The van der Waals surface area contributed by atoms with Crippen LogP contribution in [-0.4, -0.2) is 5.78 Å². The van der Waals surface area contributed by atoms with Gasteiger partial charge in [0.05, 0.1) is 0 Å². The Morgan fingerprint density at radius 3 is 2.10 bits per heavy atom. The molecule has 0 aliphatic carbocycles. The summed E-state index contributed by atoms with van der Waals surface area (Å²) in [7, 11) is 0. The van der Waals surface area contributed by atoms with Crippen LogP contribution in [0, 0.1) is 27.7 Å². The van der Waals surface area contributed by atoms with Gasteiger partial charge in [-0.1, -0.05) is 0 Å². The van der Waals surface area contributed by atoms with Gasteiger partial charge in [0.15, 0.2) is 5.78 Å². The monoisotopic (exact) mass is 268 g/mol. The predicted molar refractivity (Wildman–Crippen MR) is 84.1 cm³/mol. The van der Waals surface area contributed by atoms with Gasteiger partial charge in [0.25, 0.3) is 0 Å². The van der Waals surface area contributed by atoms with E-state index in [1.54, 1.807) is 0 Å². The van der Waals surface area contributed by atoms with Crippen molar-refractivity contribution in [2.45, 2.75) is 27.7 Å². The van der Waals surface area contributed by atoms with Crippen LogP contribution in [0.4, 0.5) is 11.4 Å². The Bertz CT molecular complexity index is 703. The molecule has 0 unspecified atom stereocenters. The fourth-order valence-electron chi connectivity index (χ4n) is 2.35. The van der Waals surface area contributed by atoms with Crippen LogP contribution in [0.25, 0.3) is 0 Å². The van der Waals surface area contributed by atoms with Gasteiger partial charge in [-0.25, -0.2) is 0 Å². The summed E-state index contributed by atoms with van der Waals surface area (Å²) < 4.78 is 0. The second-order valence-electron chi connectivity index (χ2n) is 5.38. The second-order valence-corrected chi connectivity index (χ2v) is 5.38. The second kappa shape index (κ2) is 5.00. The van der Waals surface area contributed by atoms with Crippen LogP contribution < -0.4 is 11.5 Å². The molecule has 0 radical (unpaired) electrons. The summed E-state index contributed by atoms with van der Waals surface area (Å²) in [6.07, 6.45) is 0. The van der Waals surface area contributed by atoms with Gasteiger partial charge >= 0.3 is 0 Å². The van der Waals surface area contributed by atoms with Crippen molar-refractivity contribution in [3.05, 3.63) is 57.6 Å². The van der Waals surface area contributed by atoms with Crippen LogP contribution in [0.15, 0.2) is 24.3 Å². The number of ketones is 1. The maximum atomic E-state index is 12.8. The first-order valence-electron chi connectivity index (χ1n) is 6.59. The van der Waals surface area contributed by atoms with Gasteiger partial charge in [-0.3, -0.25) is 4.79 Å². The van der Waals surface area contributed by atoms with E-state index in [4.69, 9.17) is 11.5 Å². The molecule has 2 aromatic rings. The highest BCUT2D eigenvalue weighted by Gasteiger charge is 2.17. The van der Waals surface area contributed by atoms with Crippen molar-refractivity contribution in [2.24, 2.45) is 0 Å². The molecule has 2 rings (SSSR count). The number of nitrogens with two attached hydrogens (primary N) is 2. The molecule has 4 N–H and O–H groups in total. The van der Waals surface area contributed by atoms with Gasteiger partial charge in [-0.2, -0.15) is 0 Å². The summed E-state index contributed by atoms with van der Waals surface area (Å²) in [5.41, 5.74) is 18.2. The van der Waals surface area contributed by atoms with E-state index >= 15 is 0 Å². The third kappa shape index (κ3) is 2.39. The third-order valence-corrected chi connectivity index (χ3v) is 3.69. The number of nitrogen functional groups attached to an aromatic ring is 2. The smallest absolute Gasteiger partial charge is 0.193 e. The Hall–Kier alpha value is -2.29. The van der Waals surface area contributed by atoms with E-state index in [0.29, 0.717) is 22.5 Å². The summed E-state index contributed by atoms with van der Waals surface area (Å²) in [6.45, 7) is 7.62. The Morgan fingerprint density at radius 1 is 0.800 bits per heavy atom. The lowest BCUT2D eigenvalue weighted by Crippen LogP contribution is -2.09. The summed E-state index contributed by atoms with van der Waals surface area (Å²) in [4.78, 5) is 12.8. The molecule has 0 saturated heterocycles. The average Bonchev–Trinajstić information content (AvgIpc) is 2.37. The maximum absolute atomic E-state index is 12.8. The van der Waals surface area contributed by atoms with Crippen molar-refractivity contribution >= 4 is 17.2 Å². The van der Waals surface area contributed by atoms with Gasteiger partial charge in [0, 0.05) is 22.5 Å². The topological polar surface area (TPSA) is 69.1 Å². The minimum atomic E-state index is -0.00139. The fourth-order valence-corrected chi connectivity index (χ4v) is 2.35. The maximum Gasteiger partial charge on any atom is 0.193 e. The first-order valence-corrected chi connectivity index (χ1v) is 6.59. The number of carbonyl (C=O) groups is 1. The molecule has 0 bridgehead atoms. The lowest BCUT2D eigenvalue weighted by Gasteiger charge is -2.12. The number of benzene rings is 2. The van der Waals surface area contributed by atoms with Crippen molar-refractivity contribution in [1.82, 2.24) is 0 Å². The van der Waals surface area contributed by atoms with E-state index < -0.39 is 0 Å². The van der Waals surface area contributed by atoms with Crippen molar-refractivity contribution in [2.75, 3.05) is 11.5 Å². The first kappa shape index (κ1) is 14.1. The molecule has 0 heterocycles. The Balaban J connectivity index is 2.60. The zero-order valence-corrected chi connectivity index (χ0v) is 12.4. The highest BCUT2D eigenvalue weighted by molar-refractivity contribution is 6.11. The molecular weight excluding hydrogens is 248 g/mol. The highest BCUT2D eigenvalue weighted by Crippen LogP contribution is 2.25. The van der Waals surface area contributed by atoms with Crippen LogP contribution in [0.2, 0.25) is 0 Å². The van der Waals surface area contributed by atoms with Gasteiger partial charge < -0.3 is 11.5 Å². The molecule has 0 fully saturated rings. The number of hydrogen-bond donors (Lipinski definition) is 2. The third-order valence-electron chi connectivity index (χ3n) is 3.69. The van der Waals surface area contributed by atoms with Crippen LogP contribution in [0.1, 0.15) is 38.2 Å². The van der Waals surface area contributed by atoms with Crippen molar-refractivity contribution in [3.8, 4) is 0 Å². The average molecular weight is 268 g/mol. The van der Waals surface area contributed by atoms with Gasteiger partial charge in [0.2, 0.25) is 0 Å². The van der Waals surface area contributed by atoms with Crippen molar-refractivity contribution in [3.63, 3.8) is 0 Å². The van der Waals surface area contributed by atoms with E-state index in [1.165, 1.54) is 0 Å². The molecule has 0 spiro atoms. The minimum Gasteiger partial charge on any atom is -0.399 e. The first-order chi connectivity index (χ1) is 9.31. The lowest BCUT2D eigenvalue weighted by molar-refractivity contribution is 0.103. The zero-order valence-electron chi connectivity index (χ0n) is 12.4. The standard InChI is InChI=1S/C17H20N2O/c1-9-5-14(12(4)16(19)6-9)17(20)13-7-11(3)15(18)8-10(13)2/h5-8H,18-19H2,1-4H3. The van der Waals surface area contributed by atoms with E-state index in [0.717, 1.165) is 22.3 Å². The molecule has 0 aliphatic rings. The van der Waals surface area contributed by atoms with Crippen molar-refractivity contribution < 1.29 is 4.79 Å². The predicted octanol–water partition coefficient (Wildman–Crippen LogP) is 3.32. The Labute approximate surface area is 119 Å². The molecule has 0 aromatic heterocycles. The quantitative estimate of drug-likeness (QED) is 0.648. The van der Waals surface area contributed by atoms with Gasteiger partial charge in [0.1, 0.15) is 0 Å². The normalized spacial score (nSPS) is 10.6. The van der Waals surface area contributed by atoms with E-state index in [-0.39, 0.29) is 5.78 Å². The van der Waals surface area contributed by atoms with Crippen LogP contribution in [-0.2, 0) is 0 Å². The molecule has 2 aromatic carbocycles. The summed E-state index contributed by atoms with van der Waals surface area (Å²) in [6, 6.07) is 7.47. The molecule has 0 amide bonds. The number of aryl methyl sites for hydroxylation is 3. The zero-order chi connectivity index (χ0) is 15.0. The van der Waals surface area contributed by atoms with Crippen molar-refractivity contribution in [1.29, 1.82) is 0 Å². The molecule has 0 saturated carbocycles. The molecular formula is C17H20N2O. The fraction of sp³-hybridized carbons (Fsp3) is 0.235. The van der Waals surface area contributed by atoms with E-state index in [9.17, 15) is 4.79 Å². The Morgan fingerprint density at radius 2 is 1.45 bits per heavy atom. The summed E-state index contributed by atoms with van der Waals surface area (Å²) in [5.74, 6) is -0.00139. The summed E-state index contributed by atoms with van der Waals surface area (Å²) in [5, 5.41) is 0. The number of carbonyl (C=O) groups excluding carboxylic acids is 1. The lowest BCUT2D eigenvalue weighted by atomic mass is 9.92. The molecule has 0 aliphatic heterocycles. The van der Waals surface area contributed by atoms with Crippen LogP contribution >= 0.6 is 0 Å². The molecule has 3 heteroatoms. The SMILES string of the molecule is Cc1cc(N)c(C)c(C(=O)c2cc(C)c(N)cc2C)c1. The molecule has 3 nitrogen and oxygen atoms in total. The van der Waals surface area contributed by atoms with Crippen LogP contribution in [0.3, 0.4) is 0 Å². The number of hydrogen-bond acceptors (Lipinski definition) is 3. The largest absolute Gasteiger partial charge is 0.399 e. The highest BCUT2D eigenvalue weighted by atomic mass is 16.1. The Kier molecular flexibility index (Phi) is 3.53. The molecule has 104 valence electrons. The summed E-state index contributed by atoms with van der Waals surface area (Å²) >= 11 is 0. The van der Waals surface area contributed by atoms with E-state index in [2.05, 4.69) is 0 Å².